The van der Waals surface area contributed by atoms with Crippen LogP contribution in [0.1, 0.15) is 31.9 Å². The Hall–Kier alpha value is -1.42. The fraction of sp³-hybridized carbons (Fsp3) is 0.500. The second-order valence-electron chi connectivity index (χ2n) is 5.43. The molecule has 1 rings (SSSR count). The van der Waals surface area contributed by atoms with Crippen LogP contribution in [0.2, 0.25) is 0 Å². The minimum atomic E-state index is -3.70. The molecule has 0 spiro atoms. The van der Waals surface area contributed by atoms with E-state index in [-0.39, 0.29) is 17.4 Å². The third kappa shape index (κ3) is 3.79. The Labute approximate surface area is 120 Å². The van der Waals surface area contributed by atoms with E-state index in [2.05, 4.69) is 4.72 Å². The van der Waals surface area contributed by atoms with Gasteiger partial charge in [-0.3, -0.25) is 0 Å². The van der Waals surface area contributed by atoms with Crippen molar-refractivity contribution in [2.75, 3.05) is 6.54 Å². The van der Waals surface area contributed by atoms with Crippen molar-refractivity contribution in [3.63, 3.8) is 0 Å². The summed E-state index contributed by atoms with van der Waals surface area (Å²) in [6.45, 7) is 6.80. The molecule has 0 amide bonds. The zero-order chi connectivity index (χ0) is 15.6. The van der Waals surface area contributed by atoms with E-state index in [0.717, 1.165) is 0 Å². The molecule has 0 bridgehead atoms. The molecule has 0 fully saturated rings. The molecule has 1 atom stereocenters. The monoisotopic (exact) mass is 296 g/mol. The van der Waals surface area contributed by atoms with Gasteiger partial charge in [0.1, 0.15) is 0 Å². The Morgan fingerprint density at radius 3 is 2.50 bits per heavy atom. The van der Waals surface area contributed by atoms with Crippen LogP contribution in [0.3, 0.4) is 0 Å². The van der Waals surface area contributed by atoms with Crippen molar-refractivity contribution < 1.29 is 13.5 Å². The SMILES string of the molecule is Cc1cc(C#N)ccc1S(=O)(=O)NCC(C)(O)C(C)C. The maximum Gasteiger partial charge on any atom is 0.240 e. The van der Waals surface area contributed by atoms with Crippen molar-refractivity contribution in [2.24, 2.45) is 5.92 Å². The van der Waals surface area contributed by atoms with Crippen LogP contribution in [0.4, 0.5) is 0 Å². The summed E-state index contributed by atoms with van der Waals surface area (Å²) in [5, 5.41) is 18.9. The van der Waals surface area contributed by atoms with E-state index in [1.54, 1.807) is 13.8 Å². The summed E-state index contributed by atoms with van der Waals surface area (Å²) in [6, 6.07) is 6.35. The number of hydrogen-bond acceptors (Lipinski definition) is 4. The molecule has 0 saturated heterocycles. The van der Waals surface area contributed by atoms with Crippen molar-refractivity contribution in [1.29, 1.82) is 5.26 Å². The zero-order valence-electron chi connectivity index (χ0n) is 12.1. The van der Waals surface area contributed by atoms with Gasteiger partial charge in [0.05, 0.1) is 22.1 Å². The number of aryl methyl sites for hydroxylation is 1. The number of nitrogens with one attached hydrogen (secondary N) is 1. The second kappa shape index (κ2) is 5.92. The van der Waals surface area contributed by atoms with Crippen LogP contribution in [0, 0.1) is 24.2 Å². The number of sulfonamides is 1. The van der Waals surface area contributed by atoms with Crippen molar-refractivity contribution in [3.8, 4) is 6.07 Å². The first-order valence-electron chi connectivity index (χ1n) is 6.33. The van der Waals surface area contributed by atoms with Crippen molar-refractivity contribution in [1.82, 2.24) is 4.72 Å². The van der Waals surface area contributed by atoms with Gasteiger partial charge in [-0.1, -0.05) is 13.8 Å². The lowest BCUT2D eigenvalue weighted by atomic mass is 9.93. The highest BCUT2D eigenvalue weighted by molar-refractivity contribution is 7.89. The first-order chi connectivity index (χ1) is 9.10. The van der Waals surface area contributed by atoms with Gasteiger partial charge < -0.3 is 5.11 Å². The van der Waals surface area contributed by atoms with Crippen LogP contribution in [0.15, 0.2) is 23.1 Å². The fourth-order valence-corrected chi connectivity index (χ4v) is 2.91. The number of rotatable bonds is 5. The molecule has 20 heavy (non-hydrogen) atoms. The molecule has 0 aliphatic rings. The molecule has 0 aromatic heterocycles. The molecule has 110 valence electrons. The number of hydrogen-bond donors (Lipinski definition) is 2. The summed E-state index contributed by atoms with van der Waals surface area (Å²) in [5.74, 6) is -0.0766. The highest BCUT2D eigenvalue weighted by Gasteiger charge is 2.28. The third-order valence-corrected chi connectivity index (χ3v) is 5.02. The van der Waals surface area contributed by atoms with E-state index in [0.29, 0.717) is 11.1 Å². The van der Waals surface area contributed by atoms with Crippen LogP contribution in [-0.2, 0) is 10.0 Å². The molecule has 0 aliphatic carbocycles. The predicted molar refractivity (Wildman–Crippen MR) is 76.5 cm³/mol. The van der Waals surface area contributed by atoms with Gasteiger partial charge in [-0.25, -0.2) is 13.1 Å². The molecule has 1 aromatic rings. The van der Waals surface area contributed by atoms with E-state index < -0.39 is 15.6 Å². The van der Waals surface area contributed by atoms with Gasteiger partial charge in [0.25, 0.3) is 0 Å². The molecule has 0 aliphatic heterocycles. The Kier molecular flexibility index (Phi) is 4.92. The van der Waals surface area contributed by atoms with Crippen LogP contribution in [-0.4, -0.2) is 25.7 Å². The van der Waals surface area contributed by atoms with Crippen LogP contribution >= 0.6 is 0 Å². The van der Waals surface area contributed by atoms with E-state index in [9.17, 15) is 13.5 Å². The minimum Gasteiger partial charge on any atom is -0.389 e. The fourth-order valence-electron chi connectivity index (χ4n) is 1.54. The first-order valence-corrected chi connectivity index (χ1v) is 7.81. The third-order valence-electron chi connectivity index (χ3n) is 3.46. The Morgan fingerprint density at radius 2 is 2.05 bits per heavy atom. The Balaban J connectivity index is 2.99. The van der Waals surface area contributed by atoms with E-state index in [1.807, 2.05) is 19.9 Å². The average Bonchev–Trinajstić information content (AvgIpc) is 2.36. The number of nitriles is 1. The summed E-state index contributed by atoms with van der Waals surface area (Å²) < 4.78 is 26.8. The van der Waals surface area contributed by atoms with Crippen LogP contribution in [0.25, 0.3) is 0 Å². The Bertz CT molecular complexity index is 628. The van der Waals surface area contributed by atoms with Crippen LogP contribution in [0.5, 0.6) is 0 Å². The molecule has 5 nitrogen and oxygen atoms in total. The highest BCUT2D eigenvalue weighted by atomic mass is 32.2. The largest absolute Gasteiger partial charge is 0.389 e. The maximum absolute atomic E-state index is 12.2. The Morgan fingerprint density at radius 1 is 1.45 bits per heavy atom. The summed E-state index contributed by atoms with van der Waals surface area (Å²) in [5.41, 5.74) is -0.204. The lowest BCUT2D eigenvalue weighted by molar-refractivity contribution is 0.0190. The lowest BCUT2D eigenvalue weighted by Gasteiger charge is -2.27. The van der Waals surface area contributed by atoms with Gasteiger partial charge in [-0.15, -0.1) is 0 Å². The molecular formula is C14H20N2O3S. The standard InChI is InChI=1S/C14H20N2O3S/c1-10(2)14(4,17)9-16-20(18,19)13-6-5-12(8-15)7-11(13)3/h5-7,10,16-17H,9H2,1-4H3. The maximum atomic E-state index is 12.2. The quantitative estimate of drug-likeness (QED) is 0.862. The van der Waals surface area contributed by atoms with Gasteiger partial charge >= 0.3 is 0 Å². The molecule has 0 saturated carbocycles. The molecule has 2 N–H and O–H groups in total. The minimum absolute atomic E-state index is 0.0631. The van der Waals surface area contributed by atoms with E-state index in [4.69, 9.17) is 5.26 Å². The number of aliphatic hydroxyl groups is 1. The number of benzene rings is 1. The van der Waals surface area contributed by atoms with Crippen molar-refractivity contribution >= 4 is 10.0 Å². The normalized spacial score (nSPS) is 14.8. The lowest BCUT2D eigenvalue weighted by Crippen LogP contribution is -2.44. The second-order valence-corrected chi connectivity index (χ2v) is 7.16. The van der Waals surface area contributed by atoms with Gasteiger partial charge in [-0.2, -0.15) is 5.26 Å². The first kappa shape index (κ1) is 16.6. The average molecular weight is 296 g/mol. The van der Waals surface area contributed by atoms with Gasteiger partial charge in [0, 0.05) is 6.54 Å². The molecule has 0 heterocycles. The summed E-state index contributed by atoms with van der Waals surface area (Å²) in [6.07, 6.45) is 0. The van der Waals surface area contributed by atoms with Gasteiger partial charge in [-0.05, 0) is 43.5 Å². The van der Waals surface area contributed by atoms with Crippen molar-refractivity contribution in [3.05, 3.63) is 29.3 Å². The molecule has 1 unspecified atom stereocenters. The summed E-state index contributed by atoms with van der Waals surface area (Å²) in [7, 11) is -3.70. The summed E-state index contributed by atoms with van der Waals surface area (Å²) >= 11 is 0. The summed E-state index contributed by atoms with van der Waals surface area (Å²) in [4.78, 5) is 0.121. The van der Waals surface area contributed by atoms with Crippen LogP contribution < -0.4 is 4.72 Å². The van der Waals surface area contributed by atoms with Gasteiger partial charge in [0.15, 0.2) is 0 Å². The topological polar surface area (TPSA) is 90.2 Å². The smallest absolute Gasteiger partial charge is 0.240 e. The molecule has 6 heteroatoms. The zero-order valence-corrected chi connectivity index (χ0v) is 13.0. The van der Waals surface area contributed by atoms with Gasteiger partial charge in [0.2, 0.25) is 10.0 Å². The predicted octanol–water partition coefficient (Wildman–Crippen LogP) is 1.55. The van der Waals surface area contributed by atoms with E-state index in [1.165, 1.54) is 18.2 Å². The molecule has 0 radical (unpaired) electrons. The van der Waals surface area contributed by atoms with Crippen molar-refractivity contribution in [2.45, 2.75) is 38.2 Å². The number of nitrogens with zero attached hydrogens (tertiary/aromatic N) is 1. The molecule has 1 aromatic carbocycles. The molecular weight excluding hydrogens is 276 g/mol. The highest BCUT2D eigenvalue weighted by Crippen LogP contribution is 2.19. The van der Waals surface area contributed by atoms with E-state index >= 15 is 0 Å².